The summed E-state index contributed by atoms with van der Waals surface area (Å²) in [4.78, 5) is 20.3. The number of alkyl halides is 3. The third-order valence-corrected chi connectivity index (χ3v) is 4.62. The number of esters is 1. The SMILES string of the molecule is CCOC(=O)c1c(-c2cncnc2)nn(-c2ccc(Br)c(C(F)(F)F)c2)c1C. The summed E-state index contributed by atoms with van der Waals surface area (Å²) >= 11 is 2.92. The summed E-state index contributed by atoms with van der Waals surface area (Å²) < 4.78 is 46.1. The van der Waals surface area contributed by atoms with E-state index in [1.165, 1.54) is 35.5 Å². The van der Waals surface area contributed by atoms with Gasteiger partial charge in [-0.3, -0.25) is 0 Å². The number of ether oxygens (including phenoxy) is 1. The summed E-state index contributed by atoms with van der Waals surface area (Å²) in [6.45, 7) is 3.39. The summed E-state index contributed by atoms with van der Waals surface area (Å²) in [5, 5.41) is 4.36. The first-order chi connectivity index (χ1) is 13.2. The Labute approximate surface area is 166 Å². The lowest BCUT2D eigenvalue weighted by atomic mass is 10.1. The van der Waals surface area contributed by atoms with E-state index in [9.17, 15) is 18.0 Å². The zero-order valence-electron chi connectivity index (χ0n) is 14.8. The van der Waals surface area contributed by atoms with Gasteiger partial charge in [-0.15, -0.1) is 0 Å². The van der Waals surface area contributed by atoms with Crippen molar-refractivity contribution in [1.29, 1.82) is 0 Å². The molecule has 0 aliphatic rings. The fourth-order valence-electron chi connectivity index (χ4n) is 2.69. The van der Waals surface area contributed by atoms with E-state index >= 15 is 0 Å². The van der Waals surface area contributed by atoms with E-state index in [4.69, 9.17) is 4.74 Å². The van der Waals surface area contributed by atoms with E-state index in [1.54, 1.807) is 13.8 Å². The molecule has 10 heteroatoms. The van der Waals surface area contributed by atoms with Crippen LogP contribution in [-0.2, 0) is 10.9 Å². The largest absolute Gasteiger partial charge is 0.462 e. The highest BCUT2D eigenvalue weighted by atomic mass is 79.9. The molecule has 0 N–H and O–H groups in total. The van der Waals surface area contributed by atoms with Gasteiger partial charge >= 0.3 is 12.1 Å². The van der Waals surface area contributed by atoms with Crippen LogP contribution in [0.15, 0.2) is 41.4 Å². The van der Waals surface area contributed by atoms with E-state index in [0.717, 1.165) is 6.07 Å². The van der Waals surface area contributed by atoms with Gasteiger partial charge in [0.25, 0.3) is 0 Å². The zero-order chi connectivity index (χ0) is 20.5. The summed E-state index contributed by atoms with van der Waals surface area (Å²) in [7, 11) is 0. The molecular formula is C18H14BrF3N4O2. The number of benzene rings is 1. The van der Waals surface area contributed by atoms with Crippen LogP contribution in [-0.4, -0.2) is 32.3 Å². The quantitative estimate of drug-likeness (QED) is 0.539. The van der Waals surface area contributed by atoms with Gasteiger partial charge in [0.2, 0.25) is 0 Å². The Balaban J connectivity index is 2.22. The first kappa shape index (κ1) is 20.0. The van der Waals surface area contributed by atoms with Gasteiger partial charge in [-0.05, 0) is 32.0 Å². The van der Waals surface area contributed by atoms with Crippen molar-refractivity contribution < 1.29 is 22.7 Å². The van der Waals surface area contributed by atoms with E-state index in [1.807, 2.05) is 0 Å². The van der Waals surface area contributed by atoms with Gasteiger partial charge in [0.15, 0.2) is 0 Å². The van der Waals surface area contributed by atoms with Crippen LogP contribution >= 0.6 is 15.9 Å². The Morgan fingerprint density at radius 1 is 1.25 bits per heavy atom. The number of carbonyl (C=O) groups excluding carboxylic acids is 1. The number of nitrogens with zero attached hydrogens (tertiary/aromatic N) is 4. The van der Waals surface area contributed by atoms with E-state index in [2.05, 4.69) is 31.0 Å². The minimum absolute atomic E-state index is 0.0872. The molecule has 2 aromatic heterocycles. The van der Waals surface area contributed by atoms with Crippen molar-refractivity contribution in [1.82, 2.24) is 19.7 Å². The van der Waals surface area contributed by atoms with Gasteiger partial charge in [-0.2, -0.15) is 18.3 Å². The van der Waals surface area contributed by atoms with Gasteiger partial charge in [0.05, 0.1) is 23.6 Å². The van der Waals surface area contributed by atoms with Crippen molar-refractivity contribution in [2.45, 2.75) is 20.0 Å². The summed E-state index contributed by atoms with van der Waals surface area (Å²) in [5.41, 5.74) is 0.471. The Bertz CT molecular complexity index is 1020. The predicted octanol–water partition coefficient (Wildman–Crippen LogP) is 4.60. The summed E-state index contributed by atoms with van der Waals surface area (Å²) in [5.74, 6) is -0.627. The molecule has 0 radical (unpaired) electrons. The lowest BCUT2D eigenvalue weighted by Crippen LogP contribution is -2.09. The van der Waals surface area contributed by atoms with Crippen LogP contribution in [0.3, 0.4) is 0 Å². The van der Waals surface area contributed by atoms with Crippen molar-refractivity contribution in [3.05, 3.63) is 58.2 Å². The Hall–Kier alpha value is -2.75. The van der Waals surface area contributed by atoms with Crippen LogP contribution in [0.2, 0.25) is 0 Å². The van der Waals surface area contributed by atoms with Crippen LogP contribution in [0.5, 0.6) is 0 Å². The molecular weight excluding hydrogens is 441 g/mol. The molecule has 3 aromatic rings. The van der Waals surface area contributed by atoms with Crippen molar-refractivity contribution in [2.24, 2.45) is 0 Å². The molecule has 0 aliphatic carbocycles. The second-order valence-corrected chi connectivity index (χ2v) is 6.58. The van der Waals surface area contributed by atoms with Crippen molar-refractivity contribution in [3.63, 3.8) is 0 Å². The highest BCUT2D eigenvalue weighted by Gasteiger charge is 2.34. The molecule has 146 valence electrons. The summed E-state index contributed by atoms with van der Waals surface area (Å²) in [6.07, 6.45) is -0.299. The second kappa shape index (κ2) is 7.70. The van der Waals surface area contributed by atoms with Gasteiger partial charge < -0.3 is 4.74 Å². The van der Waals surface area contributed by atoms with Crippen molar-refractivity contribution in [2.75, 3.05) is 6.61 Å². The number of aromatic nitrogens is 4. The predicted molar refractivity (Wildman–Crippen MR) is 98.0 cm³/mol. The van der Waals surface area contributed by atoms with Crippen molar-refractivity contribution in [3.8, 4) is 16.9 Å². The molecule has 0 aliphatic heterocycles. The molecule has 0 amide bonds. The molecule has 1 aromatic carbocycles. The minimum atomic E-state index is -4.55. The van der Waals surface area contributed by atoms with Crippen LogP contribution in [0.1, 0.15) is 28.5 Å². The standard InChI is InChI=1S/C18H14BrF3N4O2/c1-3-28-17(27)15-10(2)26(25-16(15)11-7-23-9-24-8-11)12-4-5-14(19)13(6-12)18(20,21)22/h4-9H,3H2,1-2H3. The lowest BCUT2D eigenvalue weighted by Gasteiger charge is -2.12. The molecule has 0 atom stereocenters. The maximum atomic E-state index is 13.3. The first-order valence-electron chi connectivity index (χ1n) is 8.13. The fourth-order valence-corrected chi connectivity index (χ4v) is 3.16. The Kier molecular flexibility index (Phi) is 5.50. The first-order valence-corrected chi connectivity index (χ1v) is 8.92. The second-order valence-electron chi connectivity index (χ2n) is 5.73. The molecule has 0 unspecified atom stereocenters. The van der Waals surface area contributed by atoms with Crippen LogP contribution in [0.4, 0.5) is 13.2 Å². The van der Waals surface area contributed by atoms with Gasteiger partial charge in [-0.1, -0.05) is 15.9 Å². The lowest BCUT2D eigenvalue weighted by molar-refractivity contribution is -0.138. The highest BCUT2D eigenvalue weighted by molar-refractivity contribution is 9.10. The normalized spacial score (nSPS) is 11.5. The van der Waals surface area contributed by atoms with Crippen LogP contribution in [0.25, 0.3) is 16.9 Å². The maximum absolute atomic E-state index is 13.3. The zero-order valence-corrected chi connectivity index (χ0v) is 16.4. The van der Waals surface area contributed by atoms with Gasteiger partial charge in [0, 0.05) is 22.4 Å². The number of hydrogen-bond donors (Lipinski definition) is 0. The third kappa shape index (κ3) is 3.77. The summed E-state index contributed by atoms with van der Waals surface area (Å²) in [6, 6.07) is 3.72. The molecule has 0 spiro atoms. The minimum Gasteiger partial charge on any atom is -0.462 e. The maximum Gasteiger partial charge on any atom is 0.417 e. The van der Waals surface area contributed by atoms with Crippen molar-refractivity contribution >= 4 is 21.9 Å². The molecule has 28 heavy (non-hydrogen) atoms. The number of rotatable bonds is 4. The Morgan fingerprint density at radius 2 is 1.93 bits per heavy atom. The molecule has 3 rings (SSSR count). The van der Waals surface area contributed by atoms with Crippen LogP contribution in [0, 0.1) is 6.92 Å². The molecule has 6 nitrogen and oxygen atoms in total. The number of hydrogen-bond acceptors (Lipinski definition) is 5. The van der Waals surface area contributed by atoms with E-state index in [-0.39, 0.29) is 28.0 Å². The average Bonchev–Trinajstić information content (AvgIpc) is 2.99. The monoisotopic (exact) mass is 454 g/mol. The Morgan fingerprint density at radius 3 is 2.54 bits per heavy atom. The number of halogens is 4. The molecule has 0 saturated carbocycles. The highest BCUT2D eigenvalue weighted by Crippen LogP contribution is 2.36. The third-order valence-electron chi connectivity index (χ3n) is 3.93. The van der Waals surface area contributed by atoms with E-state index < -0.39 is 17.7 Å². The van der Waals surface area contributed by atoms with E-state index in [0.29, 0.717) is 11.3 Å². The molecule has 0 fully saturated rings. The number of carbonyl (C=O) groups is 1. The molecule has 0 bridgehead atoms. The topological polar surface area (TPSA) is 69.9 Å². The average molecular weight is 455 g/mol. The molecule has 2 heterocycles. The van der Waals surface area contributed by atoms with Crippen LogP contribution < -0.4 is 0 Å². The van der Waals surface area contributed by atoms with Gasteiger partial charge in [-0.25, -0.2) is 19.4 Å². The van der Waals surface area contributed by atoms with Gasteiger partial charge in [0.1, 0.15) is 17.6 Å². The molecule has 0 saturated heterocycles. The fraction of sp³-hybridized carbons (Fsp3) is 0.222. The smallest absolute Gasteiger partial charge is 0.417 e.